The molecule has 0 radical (unpaired) electrons. The van der Waals surface area contributed by atoms with Crippen LogP contribution in [-0.2, 0) is 4.79 Å². The Morgan fingerprint density at radius 2 is 2.10 bits per heavy atom. The third kappa shape index (κ3) is 3.30. The number of carbonyl (C=O) groups excluding carboxylic acids is 1. The normalized spacial score (nSPS) is 10.3. The van der Waals surface area contributed by atoms with Crippen molar-refractivity contribution in [1.82, 2.24) is 14.9 Å². The molecule has 0 saturated heterocycles. The molecule has 20 heavy (non-hydrogen) atoms. The minimum absolute atomic E-state index is 0.0592. The van der Waals surface area contributed by atoms with Crippen LogP contribution in [0.25, 0.3) is 0 Å². The van der Waals surface area contributed by atoms with Gasteiger partial charge in [-0.1, -0.05) is 30.0 Å². The van der Waals surface area contributed by atoms with Gasteiger partial charge in [-0.2, -0.15) is 0 Å². The lowest BCUT2D eigenvalue weighted by Gasteiger charge is -2.11. The fourth-order valence-electron chi connectivity index (χ4n) is 1.62. The zero-order valence-electron chi connectivity index (χ0n) is 11.6. The number of benzene rings is 1. The van der Waals surface area contributed by atoms with Crippen LogP contribution in [-0.4, -0.2) is 33.6 Å². The van der Waals surface area contributed by atoms with Crippen LogP contribution >= 0.6 is 11.8 Å². The zero-order valence-corrected chi connectivity index (χ0v) is 12.4. The quantitative estimate of drug-likeness (QED) is 0.851. The zero-order chi connectivity index (χ0) is 14.5. The molecule has 1 N–H and O–H groups in total. The molecular weight excluding hydrogens is 276 g/mol. The van der Waals surface area contributed by atoms with E-state index in [0.29, 0.717) is 16.7 Å². The van der Waals surface area contributed by atoms with Crippen LogP contribution in [0.15, 0.2) is 29.4 Å². The smallest absolute Gasteiger partial charge is 0.276 e. The summed E-state index contributed by atoms with van der Waals surface area (Å²) in [4.78, 5) is 11.9. The SMILES string of the molecule is CSc1nnc(C)n1NC(=O)COc1ccccc1C. The van der Waals surface area contributed by atoms with Crippen LogP contribution < -0.4 is 10.2 Å². The fraction of sp³-hybridized carbons (Fsp3) is 0.308. The van der Waals surface area contributed by atoms with Crippen LogP contribution in [0.1, 0.15) is 11.4 Å². The fourth-order valence-corrected chi connectivity index (χ4v) is 2.11. The second kappa shape index (κ2) is 6.42. The summed E-state index contributed by atoms with van der Waals surface area (Å²) in [6.07, 6.45) is 1.87. The predicted molar refractivity (Wildman–Crippen MR) is 77.6 cm³/mol. The Morgan fingerprint density at radius 1 is 1.35 bits per heavy atom. The molecule has 1 heterocycles. The highest BCUT2D eigenvalue weighted by molar-refractivity contribution is 7.98. The summed E-state index contributed by atoms with van der Waals surface area (Å²) in [5.74, 6) is 1.07. The van der Waals surface area contributed by atoms with Crippen LogP contribution in [0, 0.1) is 13.8 Å². The van der Waals surface area contributed by atoms with Crippen LogP contribution in [0.4, 0.5) is 0 Å². The average Bonchev–Trinajstić information content (AvgIpc) is 2.79. The van der Waals surface area contributed by atoms with Crippen LogP contribution in [0.2, 0.25) is 0 Å². The maximum Gasteiger partial charge on any atom is 0.276 e. The molecule has 1 aromatic heterocycles. The van der Waals surface area contributed by atoms with Gasteiger partial charge in [-0.3, -0.25) is 10.2 Å². The van der Waals surface area contributed by atoms with E-state index in [1.165, 1.54) is 11.8 Å². The molecule has 0 unspecified atom stereocenters. The molecule has 0 bridgehead atoms. The number of hydrogen-bond donors (Lipinski definition) is 1. The van der Waals surface area contributed by atoms with Crippen molar-refractivity contribution in [3.05, 3.63) is 35.7 Å². The average molecular weight is 292 g/mol. The molecule has 0 saturated carbocycles. The van der Waals surface area contributed by atoms with E-state index < -0.39 is 0 Å². The van der Waals surface area contributed by atoms with E-state index in [0.717, 1.165) is 5.56 Å². The standard InChI is InChI=1S/C13H16N4O2S/c1-9-6-4-5-7-11(9)19-8-12(18)16-17-10(2)14-15-13(17)20-3/h4-7H,8H2,1-3H3,(H,16,18). The molecule has 6 nitrogen and oxygen atoms in total. The highest BCUT2D eigenvalue weighted by Gasteiger charge is 2.11. The number of para-hydroxylation sites is 1. The molecule has 0 fully saturated rings. The molecule has 1 aromatic carbocycles. The Hall–Kier alpha value is -2.02. The Balaban J connectivity index is 1.96. The van der Waals surface area contributed by atoms with Crippen molar-refractivity contribution >= 4 is 17.7 Å². The van der Waals surface area contributed by atoms with Crippen molar-refractivity contribution < 1.29 is 9.53 Å². The maximum absolute atomic E-state index is 11.9. The molecule has 106 valence electrons. The third-order valence-electron chi connectivity index (χ3n) is 2.67. The summed E-state index contributed by atoms with van der Waals surface area (Å²) < 4.78 is 7.04. The topological polar surface area (TPSA) is 69.0 Å². The second-order valence-electron chi connectivity index (χ2n) is 4.16. The van der Waals surface area contributed by atoms with E-state index in [2.05, 4.69) is 15.6 Å². The third-order valence-corrected chi connectivity index (χ3v) is 3.30. The first-order valence-electron chi connectivity index (χ1n) is 6.06. The van der Waals surface area contributed by atoms with Gasteiger partial charge in [0.05, 0.1) is 0 Å². The molecule has 0 spiro atoms. The number of ether oxygens (including phenoxy) is 1. The van der Waals surface area contributed by atoms with E-state index in [1.54, 1.807) is 11.6 Å². The van der Waals surface area contributed by atoms with E-state index in [1.807, 2.05) is 37.4 Å². The van der Waals surface area contributed by atoms with Gasteiger partial charge in [-0.25, -0.2) is 4.68 Å². The number of rotatable bonds is 5. The number of thioether (sulfide) groups is 1. The van der Waals surface area contributed by atoms with Crippen LogP contribution in [0.3, 0.4) is 0 Å². The summed E-state index contributed by atoms with van der Waals surface area (Å²) in [7, 11) is 0. The minimum Gasteiger partial charge on any atom is -0.483 e. The number of aryl methyl sites for hydroxylation is 2. The Kier molecular flexibility index (Phi) is 4.62. The first-order chi connectivity index (χ1) is 9.61. The summed E-state index contributed by atoms with van der Waals surface area (Å²) in [6, 6.07) is 7.56. The highest BCUT2D eigenvalue weighted by Crippen LogP contribution is 2.16. The van der Waals surface area contributed by atoms with Crippen molar-refractivity contribution in [3.8, 4) is 5.75 Å². The summed E-state index contributed by atoms with van der Waals surface area (Å²) in [6.45, 7) is 3.65. The Morgan fingerprint density at radius 3 is 2.80 bits per heavy atom. The van der Waals surface area contributed by atoms with Gasteiger partial charge in [0.15, 0.2) is 6.61 Å². The van der Waals surface area contributed by atoms with Gasteiger partial charge in [0.2, 0.25) is 5.16 Å². The maximum atomic E-state index is 11.9. The lowest BCUT2D eigenvalue weighted by atomic mass is 10.2. The molecule has 0 aliphatic heterocycles. The van der Waals surface area contributed by atoms with Gasteiger partial charge in [0.25, 0.3) is 5.91 Å². The number of hydrogen-bond acceptors (Lipinski definition) is 5. The number of carbonyl (C=O) groups is 1. The number of nitrogens with one attached hydrogen (secondary N) is 1. The van der Waals surface area contributed by atoms with Gasteiger partial charge in [-0.15, -0.1) is 10.2 Å². The van der Waals surface area contributed by atoms with E-state index in [-0.39, 0.29) is 12.5 Å². The second-order valence-corrected chi connectivity index (χ2v) is 4.93. The lowest BCUT2D eigenvalue weighted by molar-refractivity contribution is -0.119. The first-order valence-corrected chi connectivity index (χ1v) is 7.28. The largest absolute Gasteiger partial charge is 0.483 e. The van der Waals surface area contributed by atoms with Crippen LogP contribution in [0.5, 0.6) is 5.75 Å². The molecular formula is C13H16N4O2S. The monoisotopic (exact) mass is 292 g/mol. The number of aromatic nitrogens is 3. The molecule has 1 amide bonds. The van der Waals surface area contributed by atoms with E-state index in [4.69, 9.17) is 4.74 Å². The Labute approximate surface area is 121 Å². The molecule has 2 aromatic rings. The molecule has 7 heteroatoms. The Bertz CT molecular complexity index is 612. The molecule has 2 rings (SSSR count). The predicted octanol–water partition coefficient (Wildman–Crippen LogP) is 1.77. The summed E-state index contributed by atoms with van der Waals surface area (Å²) >= 11 is 1.41. The van der Waals surface area contributed by atoms with E-state index >= 15 is 0 Å². The van der Waals surface area contributed by atoms with Crippen molar-refractivity contribution in [1.29, 1.82) is 0 Å². The van der Waals surface area contributed by atoms with Gasteiger partial charge >= 0.3 is 0 Å². The minimum atomic E-state index is -0.258. The number of nitrogens with zero attached hydrogens (tertiary/aromatic N) is 3. The molecule has 0 atom stereocenters. The van der Waals surface area contributed by atoms with E-state index in [9.17, 15) is 4.79 Å². The molecule has 0 aliphatic carbocycles. The summed E-state index contributed by atoms with van der Waals surface area (Å²) in [5, 5.41) is 8.48. The highest BCUT2D eigenvalue weighted by atomic mass is 32.2. The van der Waals surface area contributed by atoms with Gasteiger partial charge in [0, 0.05) is 0 Å². The lowest BCUT2D eigenvalue weighted by Crippen LogP contribution is -2.29. The molecule has 0 aliphatic rings. The number of amides is 1. The van der Waals surface area contributed by atoms with Crippen molar-refractivity contribution in [2.75, 3.05) is 18.3 Å². The van der Waals surface area contributed by atoms with Gasteiger partial charge in [-0.05, 0) is 31.7 Å². The van der Waals surface area contributed by atoms with Gasteiger partial charge < -0.3 is 4.74 Å². The van der Waals surface area contributed by atoms with Crippen molar-refractivity contribution in [2.45, 2.75) is 19.0 Å². The van der Waals surface area contributed by atoms with Gasteiger partial charge in [0.1, 0.15) is 11.6 Å². The summed E-state index contributed by atoms with van der Waals surface area (Å²) in [5.41, 5.74) is 3.70. The van der Waals surface area contributed by atoms with Crippen molar-refractivity contribution in [2.24, 2.45) is 0 Å². The first kappa shape index (κ1) is 14.4. The van der Waals surface area contributed by atoms with Crippen molar-refractivity contribution in [3.63, 3.8) is 0 Å².